The maximum absolute atomic E-state index is 13.0. The van der Waals surface area contributed by atoms with Gasteiger partial charge in [-0.1, -0.05) is 30.3 Å². The number of hydrogen-bond donors (Lipinski definition) is 2. The number of amides is 2. The van der Waals surface area contributed by atoms with Crippen LogP contribution in [0.15, 0.2) is 42.5 Å². The van der Waals surface area contributed by atoms with E-state index in [1.807, 2.05) is 12.1 Å². The molecule has 1 saturated heterocycles. The Kier molecular flexibility index (Phi) is 6.63. The molecule has 0 saturated carbocycles. The molecular formula is C24H31N3O4. The van der Waals surface area contributed by atoms with Crippen LogP contribution in [0.2, 0.25) is 0 Å². The van der Waals surface area contributed by atoms with Crippen LogP contribution in [0.1, 0.15) is 35.6 Å². The number of carbonyl (C=O) groups is 1. The van der Waals surface area contributed by atoms with Gasteiger partial charge in [0.1, 0.15) is 17.6 Å². The van der Waals surface area contributed by atoms with Crippen LogP contribution >= 0.6 is 0 Å². The van der Waals surface area contributed by atoms with Crippen LogP contribution in [0, 0.1) is 0 Å². The molecule has 7 heteroatoms. The first kappa shape index (κ1) is 21.5. The van der Waals surface area contributed by atoms with Gasteiger partial charge in [0.25, 0.3) is 0 Å². The molecule has 2 aromatic carbocycles. The summed E-state index contributed by atoms with van der Waals surface area (Å²) in [5.41, 5.74) is 2.82. The molecule has 0 radical (unpaired) electrons. The number of urea groups is 1. The van der Waals surface area contributed by atoms with Gasteiger partial charge in [-0.25, -0.2) is 4.79 Å². The molecule has 1 atom stereocenters. The second-order valence-electron chi connectivity index (χ2n) is 8.24. The maximum atomic E-state index is 13.0. The highest BCUT2D eigenvalue weighted by Crippen LogP contribution is 2.39. The summed E-state index contributed by atoms with van der Waals surface area (Å²) in [5.74, 6) is 1.27. The fraction of sp³-hybridized carbons (Fsp3) is 0.458. The fourth-order valence-electron chi connectivity index (χ4n) is 4.57. The minimum absolute atomic E-state index is 0.143. The standard InChI is InChI=1S/C24H31N3O4/c1-30-21-8-9-22(31-2)23-19(21)15-27(16-20(23)28)24(29)25-18-10-12-26(13-11-18)14-17-6-4-3-5-7-17/h3-9,18,20,28H,10-16H2,1-2H3,(H,25,29)/t20-/m1/s1. The lowest BCUT2D eigenvalue weighted by atomic mass is 9.95. The van der Waals surface area contributed by atoms with E-state index in [1.165, 1.54) is 5.56 Å². The van der Waals surface area contributed by atoms with Crippen molar-refractivity contribution in [1.82, 2.24) is 15.1 Å². The second kappa shape index (κ2) is 9.58. The predicted molar refractivity (Wildman–Crippen MR) is 118 cm³/mol. The summed E-state index contributed by atoms with van der Waals surface area (Å²) in [7, 11) is 3.18. The van der Waals surface area contributed by atoms with Gasteiger partial charge in [-0.05, 0) is 30.5 Å². The zero-order valence-corrected chi connectivity index (χ0v) is 18.2. The molecule has 1 fully saturated rings. The number of rotatable bonds is 5. The molecule has 2 heterocycles. The number of carbonyl (C=O) groups excluding carboxylic acids is 1. The third kappa shape index (κ3) is 4.78. The summed E-state index contributed by atoms with van der Waals surface area (Å²) in [6.07, 6.45) is 1.03. The third-order valence-corrected chi connectivity index (χ3v) is 6.24. The summed E-state index contributed by atoms with van der Waals surface area (Å²) in [5, 5.41) is 13.9. The molecule has 2 aliphatic rings. The zero-order valence-electron chi connectivity index (χ0n) is 18.2. The number of nitrogens with zero attached hydrogens (tertiary/aromatic N) is 2. The molecule has 0 bridgehead atoms. The van der Waals surface area contributed by atoms with Crippen molar-refractivity contribution >= 4 is 6.03 Å². The quantitative estimate of drug-likeness (QED) is 0.771. The smallest absolute Gasteiger partial charge is 0.318 e. The molecular weight excluding hydrogens is 394 g/mol. The highest BCUT2D eigenvalue weighted by molar-refractivity contribution is 5.75. The lowest BCUT2D eigenvalue weighted by Gasteiger charge is -2.36. The Labute approximate surface area is 183 Å². The van der Waals surface area contributed by atoms with E-state index in [-0.39, 0.29) is 18.6 Å². The highest BCUT2D eigenvalue weighted by Gasteiger charge is 2.33. The van der Waals surface area contributed by atoms with E-state index in [0.717, 1.165) is 38.0 Å². The highest BCUT2D eigenvalue weighted by atomic mass is 16.5. The Balaban J connectivity index is 1.35. The summed E-state index contributed by atoms with van der Waals surface area (Å²) in [4.78, 5) is 17.1. The predicted octanol–water partition coefficient (Wildman–Crippen LogP) is 2.93. The Morgan fingerprint density at radius 2 is 1.74 bits per heavy atom. The number of benzene rings is 2. The summed E-state index contributed by atoms with van der Waals surface area (Å²) in [6.45, 7) is 3.46. The van der Waals surface area contributed by atoms with Crippen LogP contribution in [0.4, 0.5) is 4.79 Å². The molecule has 0 aromatic heterocycles. The number of ether oxygens (including phenoxy) is 2. The van der Waals surface area contributed by atoms with E-state index in [1.54, 1.807) is 25.2 Å². The summed E-state index contributed by atoms with van der Waals surface area (Å²) >= 11 is 0. The number of fused-ring (bicyclic) bond motifs is 1. The number of methoxy groups -OCH3 is 2. The van der Waals surface area contributed by atoms with Crippen molar-refractivity contribution in [1.29, 1.82) is 0 Å². The molecule has 31 heavy (non-hydrogen) atoms. The van der Waals surface area contributed by atoms with Gasteiger partial charge in [0.05, 0.1) is 27.3 Å². The van der Waals surface area contributed by atoms with Gasteiger partial charge in [0, 0.05) is 36.8 Å². The summed E-state index contributed by atoms with van der Waals surface area (Å²) < 4.78 is 10.9. The minimum Gasteiger partial charge on any atom is -0.496 e. The van der Waals surface area contributed by atoms with Crippen molar-refractivity contribution < 1.29 is 19.4 Å². The number of likely N-dealkylation sites (tertiary alicyclic amines) is 1. The third-order valence-electron chi connectivity index (χ3n) is 6.24. The van der Waals surface area contributed by atoms with Crippen LogP contribution in [-0.2, 0) is 13.1 Å². The number of β-amino-alcohol motifs (C(OH)–C–C–N with tert-alkyl or cyclic N) is 1. The van der Waals surface area contributed by atoms with E-state index in [0.29, 0.717) is 23.6 Å². The first-order valence-electron chi connectivity index (χ1n) is 10.8. The molecule has 166 valence electrons. The van der Waals surface area contributed by atoms with Gasteiger partial charge in [-0.3, -0.25) is 4.90 Å². The first-order chi connectivity index (χ1) is 15.1. The van der Waals surface area contributed by atoms with Gasteiger partial charge in [0.15, 0.2) is 0 Å². The zero-order chi connectivity index (χ0) is 21.8. The molecule has 4 rings (SSSR count). The largest absolute Gasteiger partial charge is 0.496 e. The van der Waals surface area contributed by atoms with E-state index in [2.05, 4.69) is 34.5 Å². The SMILES string of the molecule is COc1ccc(OC)c2c1CN(C(=O)NC1CCN(Cc3ccccc3)CC1)C[C@H]2O. The monoisotopic (exact) mass is 425 g/mol. The van der Waals surface area contributed by atoms with Gasteiger partial charge >= 0.3 is 6.03 Å². The molecule has 0 unspecified atom stereocenters. The normalized spacial score (nSPS) is 19.6. The van der Waals surface area contributed by atoms with Crippen LogP contribution in [0.25, 0.3) is 0 Å². The number of hydrogen-bond acceptors (Lipinski definition) is 5. The molecule has 0 aliphatic carbocycles. The fourth-order valence-corrected chi connectivity index (χ4v) is 4.57. The molecule has 2 aliphatic heterocycles. The van der Waals surface area contributed by atoms with Crippen molar-refractivity contribution in [3.05, 3.63) is 59.2 Å². The first-order valence-corrected chi connectivity index (χ1v) is 10.8. The van der Waals surface area contributed by atoms with Crippen molar-refractivity contribution in [2.75, 3.05) is 33.9 Å². The lowest BCUT2D eigenvalue weighted by Crippen LogP contribution is -2.50. The van der Waals surface area contributed by atoms with Crippen molar-refractivity contribution in [3.8, 4) is 11.5 Å². The minimum atomic E-state index is -0.813. The Morgan fingerprint density at radius 3 is 2.42 bits per heavy atom. The molecule has 2 aromatic rings. The van der Waals surface area contributed by atoms with E-state index in [4.69, 9.17) is 9.47 Å². The van der Waals surface area contributed by atoms with Crippen LogP contribution < -0.4 is 14.8 Å². The molecule has 2 N–H and O–H groups in total. The maximum Gasteiger partial charge on any atom is 0.318 e. The van der Waals surface area contributed by atoms with Gasteiger partial charge in [-0.2, -0.15) is 0 Å². The lowest BCUT2D eigenvalue weighted by molar-refractivity contribution is 0.0972. The Hall–Kier alpha value is -2.77. The van der Waals surface area contributed by atoms with E-state index in [9.17, 15) is 9.90 Å². The Morgan fingerprint density at radius 1 is 1.06 bits per heavy atom. The van der Waals surface area contributed by atoms with E-state index < -0.39 is 6.10 Å². The average molecular weight is 426 g/mol. The van der Waals surface area contributed by atoms with Crippen molar-refractivity contribution in [3.63, 3.8) is 0 Å². The number of piperidine rings is 1. The van der Waals surface area contributed by atoms with Crippen molar-refractivity contribution in [2.24, 2.45) is 0 Å². The second-order valence-corrected chi connectivity index (χ2v) is 8.24. The molecule has 0 spiro atoms. The molecule has 7 nitrogen and oxygen atoms in total. The number of aliphatic hydroxyl groups excluding tert-OH is 1. The van der Waals surface area contributed by atoms with Crippen LogP contribution in [-0.4, -0.2) is 60.8 Å². The Bertz CT molecular complexity index is 897. The van der Waals surface area contributed by atoms with Gasteiger partial charge in [-0.15, -0.1) is 0 Å². The van der Waals surface area contributed by atoms with Crippen LogP contribution in [0.5, 0.6) is 11.5 Å². The van der Waals surface area contributed by atoms with Crippen molar-refractivity contribution in [2.45, 2.75) is 38.1 Å². The average Bonchev–Trinajstić information content (AvgIpc) is 2.80. The number of aliphatic hydroxyl groups is 1. The van der Waals surface area contributed by atoms with E-state index >= 15 is 0 Å². The van der Waals surface area contributed by atoms with Crippen LogP contribution in [0.3, 0.4) is 0 Å². The van der Waals surface area contributed by atoms with Gasteiger partial charge < -0.3 is 24.8 Å². The topological polar surface area (TPSA) is 74.3 Å². The summed E-state index contributed by atoms with van der Waals surface area (Å²) in [6, 6.07) is 14.1. The van der Waals surface area contributed by atoms with Gasteiger partial charge in [0.2, 0.25) is 0 Å². The molecule has 2 amide bonds. The number of nitrogens with one attached hydrogen (secondary N) is 1.